The van der Waals surface area contributed by atoms with Gasteiger partial charge in [-0.3, -0.25) is 4.79 Å². The summed E-state index contributed by atoms with van der Waals surface area (Å²) in [6.07, 6.45) is 4.55. The molecule has 0 amide bonds. The van der Waals surface area contributed by atoms with Crippen LogP contribution in [-0.4, -0.2) is 5.78 Å². The molecule has 0 radical (unpaired) electrons. The fourth-order valence-electron chi connectivity index (χ4n) is 1.84. The summed E-state index contributed by atoms with van der Waals surface area (Å²) in [7, 11) is 0. The van der Waals surface area contributed by atoms with E-state index in [-0.39, 0.29) is 10.8 Å². The number of hydrogen-bond donors (Lipinski definition) is 0. The predicted molar refractivity (Wildman–Crippen MR) is 71.5 cm³/mol. The zero-order chi connectivity index (χ0) is 13.0. The minimum Gasteiger partial charge on any atom is -0.299 e. The predicted octanol–water partition coefficient (Wildman–Crippen LogP) is 4.76. The lowest BCUT2D eigenvalue weighted by molar-refractivity contribution is -0.118. The summed E-state index contributed by atoms with van der Waals surface area (Å²) in [5, 5.41) is 0. The molecular formula is C15H28O. The van der Waals surface area contributed by atoms with Crippen LogP contribution < -0.4 is 0 Å². The first-order chi connectivity index (χ1) is 7.03. The number of carbonyl (C=O) groups excluding carboxylic acids is 1. The van der Waals surface area contributed by atoms with Gasteiger partial charge in [-0.25, -0.2) is 0 Å². The first kappa shape index (κ1) is 15.4. The molecule has 0 atom stereocenters. The van der Waals surface area contributed by atoms with Gasteiger partial charge < -0.3 is 0 Å². The van der Waals surface area contributed by atoms with Crippen LogP contribution in [0.5, 0.6) is 0 Å². The maximum absolute atomic E-state index is 11.6. The quantitative estimate of drug-likeness (QED) is 0.629. The molecule has 1 nitrogen and oxygen atoms in total. The van der Waals surface area contributed by atoms with Crippen LogP contribution in [0.25, 0.3) is 0 Å². The molecule has 0 saturated carbocycles. The number of hydrogen-bond acceptors (Lipinski definition) is 1. The highest BCUT2D eigenvalue weighted by Gasteiger charge is 2.17. The normalized spacial score (nSPS) is 14.1. The highest BCUT2D eigenvalue weighted by Crippen LogP contribution is 2.29. The highest BCUT2D eigenvalue weighted by molar-refractivity contribution is 5.80. The Balaban J connectivity index is 4.78. The van der Waals surface area contributed by atoms with Gasteiger partial charge in [0.1, 0.15) is 5.78 Å². The van der Waals surface area contributed by atoms with Crippen LogP contribution >= 0.6 is 0 Å². The summed E-state index contributed by atoms with van der Waals surface area (Å²) >= 11 is 0. The monoisotopic (exact) mass is 224 g/mol. The van der Waals surface area contributed by atoms with Crippen molar-refractivity contribution in [3.63, 3.8) is 0 Å². The Morgan fingerprint density at radius 3 is 1.88 bits per heavy atom. The van der Waals surface area contributed by atoms with Crippen LogP contribution in [0.2, 0.25) is 0 Å². The average molecular weight is 224 g/mol. The van der Waals surface area contributed by atoms with E-state index in [1.54, 1.807) is 0 Å². The van der Waals surface area contributed by atoms with Gasteiger partial charge >= 0.3 is 0 Å². The topological polar surface area (TPSA) is 17.1 Å². The molecule has 0 fully saturated rings. The second-order valence-corrected chi connectivity index (χ2v) is 6.98. The van der Waals surface area contributed by atoms with E-state index < -0.39 is 0 Å². The minimum absolute atomic E-state index is 0.161. The Bertz CT molecular complexity index is 258. The van der Waals surface area contributed by atoms with Crippen LogP contribution in [0, 0.1) is 10.8 Å². The minimum atomic E-state index is 0.161. The zero-order valence-electron chi connectivity index (χ0n) is 12.1. The molecule has 0 aliphatic heterocycles. The SMILES string of the molecule is CCC(=O)CC(=CC(C)(C)C)CC(C)(C)C. The van der Waals surface area contributed by atoms with Crippen LogP contribution in [0.4, 0.5) is 0 Å². The molecule has 0 heterocycles. The van der Waals surface area contributed by atoms with Crippen molar-refractivity contribution in [2.75, 3.05) is 0 Å². The largest absolute Gasteiger partial charge is 0.299 e. The number of Topliss-reactive ketones (excluding diaryl/α,β-unsaturated/α-hetero) is 1. The lowest BCUT2D eigenvalue weighted by Crippen LogP contribution is -2.12. The molecule has 0 aliphatic carbocycles. The number of carbonyl (C=O) groups is 1. The maximum Gasteiger partial charge on any atom is 0.136 e. The molecule has 0 aliphatic rings. The summed E-state index contributed by atoms with van der Waals surface area (Å²) < 4.78 is 0. The van der Waals surface area contributed by atoms with Crippen molar-refractivity contribution in [3.8, 4) is 0 Å². The van der Waals surface area contributed by atoms with Crippen LogP contribution in [0.3, 0.4) is 0 Å². The van der Waals surface area contributed by atoms with Crippen molar-refractivity contribution >= 4 is 5.78 Å². The van der Waals surface area contributed by atoms with Crippen LogP contribution in [0.15, 0.2) is 11.6 Å². The Hall–Kier alpha value is -0.590. The maximum atomic E-state index is 11.6. The summed E-state index contributed by atoms with van der Waals surface area (Å²) in [6, 6.07) is 0. The molecule has 0 spiro atoms. The highest BCUT2D eigenvalue weighted by atomic mass is 16.1. The first-order valence-corrected chi connectivity index (χ1v) is 6.26. The fourth-order valence-corrected chi connectivity index (χ4v) is 1.84. The Labute approximate surface area is 101 Å². The van der Waals surface area contributed by atoms with Gasteiger partial charge in [0, 0.05) is 12.8 Å². The van der Waals surface area contributed by atoms with E-state index in [1.165, 1.54) is 5.57 Å². The molecule has 1 heteroatoms. The van der Waals surface area contributed by atoms with Crippen LogP contribution in [-0.2, 0) is 4.79 Å². The second-order valence-electron chi connectivity index (χ2n) is 6.98. The third kappa shape index (κ3) is 8.70. The van der Waals surface area contributed by atoms with Crippen molar-refractivity contribution in [3.05, 3.63) is 11.6 Å². The van der Waals surface area contributed by atoms with Gasteiger partial charge in [-0.15, -0.1) is 0 Å². The molecule has 0 bridgehead atoms. The molecule has 0 unspecified atom stereocenters. The molecular weight excluding hydrogens is 196 g/mol. The molecule has 0 aromatic rings. The van der Waals surface area contributed by atoms with Crippen molar-refractivity contribution in [1.29, 1.82) is 0 Å². The van der Waals surface area contributed by atoms with E-state index in [1.807, 2.05) is 6.92 Å². The third-order valence-electron chi connectivity index (χ3n) is 2.21. The van der Waals surface area contributed by atoms with Gasteiger partial charge in [-0.1, -0.05) is 60.1 Å². The molecule has 94 valence electrons. The molecule has 0 rings (SSSR count). The van der Waals surface area contributed by atoms with E-state index >= 15 is 0 Å². The van der Waals surface area contributed by atoms with Gasteiger partial charge in [-0.05, 0) is 17.3 Å². The molecule has 0 aromatic carbocycles. The van der Waals surface area contributed by atoms with Crippen molar-refractivity contribution in [2.45, 2.75) is 67.7 Å². The summed E-state index contributed by atoms with van der Waals surface area (Å²) in [4.78, 5) is 11.6. The molecule has 16 heavy (non-hydrogen) atoms. The van der Waals surface area contributed by atoms with Crippen LogP contribution in [0.1, 0.15) is 67.7 Å². The average Bonchev–Trinajstić information content (AvgIpc) is 1.97. The Morgan fingerprint density at radius 1 is 1.06 bits per heavy atom. The van der Waals surface area contributed by atoms with Crippen molar-refractivity contribution in [2.24, 2.45) is 10.8 Å². The summed E-state index contributed by atoms with van der Waals surface area (Å²) in [5.74, 6) is 0.347. The third-order valence-corrected chi connectivity index (χ3v) is 2.21. The molecule has 0 N–H and O–H groups in total. The van der Waals surface area contributed by atoms with Crippen molar-refractivity contribution in [1.82, 2.24) is 0 Å². The standard InChI is InChI=1S/C15H28O/c1-8-13(16)9-12(10-14(2,3)4)11-15(5,6)7/h10H,8-9,11H2,1-7H3. The number of allylic oxidation sites excluding steroid dienone is 2. The lowest BCUT2D eigenvalue weighted by Gasteiger charge is -2.23. The van der Waals surface area contributed by atoms with E-state index in [2.05, 4.69) is 47.6 Å². The number of ketones is 1. The Morgan fingerprint density at radius 2 is 1.56 bits per heavy atom. The van der Waals surface area contributed by atoms with Gasteiger partial charge in [-0.2, -0.15) is 0 Å². The second kappa shape index (κ2) is 5.65. The number of rotatable bonds is 4. The summed E-state index contributed by atoms with van der Waals surface area (Å²) in [6.45, 7) is 15.2. The first-order valence-electron chi connectivity index (χ1n) is 6.26. The lowest BCUT2D eigenvalue weighted by atomic mass is 9.82. The van der Waals surface area contributed by atoms with E-state index in [0.29, 0.717) is 18.6 Å². The Kier molecular flexibility index (Phi) is 5.44. The van der Waals surface area contributed by atoms with Gasteiger partial charge in [0.15, 0.2) is 0 Å². The molecule has 0 saturated heterocycles. The van der Waals surface area contributed by atoms with Gasteiger partial charge in [0.05, 0.1) is 0 Å². The zero-order valence-corrected chi connectivity index (χ0v) is 12.1. The van der Waals surface area contributed by atoms with Gasteiger partial charge in [0.2, 0.25) is 0 Å². The fraction of sp³-hybridized carbons (Fsp3) is 0.800. The molecule has 0 aromatic heterocycles. The van der Waals surface area contributed by atoms with Crippen molar-refractivity contribution < 1.29 is 4.79 Å². The van der Waals surface area contributed by atoms with Gasteiger partial charge in [0.25, 0.3) is 0 Å². The van der Waals surface area contributed by atoms with E-state index in [0.717, 1.165) is 6.42 Å². The van der Waals surface area contributed by atoms with E-state index in [4.69, 9.17) is 0 Å². The summed E-state index contributed by atoms with van der Waals surface area (Å²) in [5.41, 5.74) is 1.71. The van der Waals surface area contributed by atoms with E-state index in [9.17, 15) is 4.79 Å². The smallest absolute Gasteiger partial charge is 0.136 e.